The molecule has 4 rings (SSSR count). The number of likely N-dealkylation sites (tertiary alicyclic amines) is 1. The van der Waals surface area contributed by atoms with Crippen molar-refractivity contribution in [3.8, 4) is 0 Å². The first-order valence-electron chi connectivity index (χ1n) is 10.6. The number of nitrogens with one attached hydrogen (secondary N) is 1. The smallest absolute Gasteiger partial charge is 0.317 e. The highest BCUT2D eigenvalue weighted by Crippen LogP contribution is 2.31. The molecule has 3 aliphatic rings. The molecule has 142 valence electrons. The van der Waals surface area contributed by atoms with Crippen LogP contribution in [0.25, 0.3) is 0 Å². The zero-order valence-corrected chi connectivity index (χ0v) is 15.9. The molecular formula is C22H33N3O. The molecule has 26 heavy (non-hydrogen) atoms. The Bertz CT molecular complexity index is 580. The van der Waals surface area contributed by atoms with Crippen molar-refractivity contribution in [1.29, 1.82) is 0 Å². The van der Waals surface area contributed by atoms with Crippen LogP contribution < -0.4 is 5.32 Å². The van der Waals surface area contributed by atoms with E-state index in [1.807, 2.05) is 0 Å². The molecule has 1 aromatic rings. The topological polar surface area (TPSA) is 35.6 Å². The molecule has 2 amide bonds. The molecule has 2 aliphatic carbocycles. The molecule has 0 radical (unpaired) electrons. The normalized spacial score (nSPS) is 24.5. The molecule has 4 nitrogen and oxygen atoms in total. The number of benzene rings is 1. The molecule has 0 bridgehead atoms. The third-order valence-electron chi connectivity index (χ3n) is 6.28. The van der Waals surface area contributed by atoms with Gasteiger partial charge in [-0.25, -0.2) is 4.79 Å². The van der Waals surface area contributed by atoms with E-state index in [0.29, 0.717) is 12.1 Å². The average molecular weight is 356 g/mol. The van der Waals surface area contributed by atoms with Crippen molar-refractivity contribution in [2.45, 2.75) is 70.0 Å². The number of amides is 2. The number of urea groups is 1. The maximum atomic E-state index is 12.9. The third kappa shape index (κ3) is 4.79. The van der Waals surface area contributed by atoms with Crippen LogP contribution in [0.1, 0.15) is 56.9 Å². The lowest BCUT2D eigenvalue weighted by molar-refractivity contribution is 0.170. The lowest BCUT2D eigenvalue weighted by Gasteiger charge is -2.31. The molecule has 4 heteroatoms. The van der Waals surface area contributed by atoms with Crippen molar-refractivity contribution < 1.29 is 4.79 Å². The highest BCUT2D eigenvalue weighted by atomic mass is 16.2. The quantitative estimate of drug-likeness (QED) is 0.837. The lowest BCUT2D eigenvalue weighted by Crippen LogP contribution is -2.48. The molecule has 1 aromatic carbocycles. The summed E-state index contributed by atoms with van der Waals surface area (Å²) in [6.07, 6.45) is 10.2. The van der Waals surface area contributed by atoms with Gasteiger partial charge >= 0.3 is 6.03 Å². The second kappa shape index (κ2) is 8.43. The Morgan fingerprint density at radius 2 is 1.81 bits per heavy atom. The summed E-state index contributed by atoms with van der Waals surface area (Å²) in [7, 11) is 0. The number of nitrogens with zero attached hydrogens (tertiary/aromatic N) is 2. The van der Waals surface area contributed by atoms with E-state index < -0.39 is 0 Å². The maximum absolute atomic E-state index is 12.9. The minimum atomic E-state index is 0.199. The SMILES string of the molecule is O=C(NC1CCN(Cc2ccccc2)C1)N(CC1CCCCC1)C1CC1. The van der Waals surface area contributed by atoms with Crippen LogP contribution in [-0.4, -0.2) is 47.5 Å². The molecule has 1 unspecified atom stereocenters. The first-order chi connectivity index (χ1) is 12.8. The van der Waals surface area contributed by atoms with Gasteiger partial charge in [0.15, 0.2) is 0 Å². The van der Waals surface area contributed by atoms with Crippen molar-refractivity contribution in [2.24, 2.45) is 5.92 Å². The summed E-state index contributed by atoms with van der Waals surface area (Å²) in [6.45, 7) is 4.02. The number of rotatable bonds is 6. The van der Waals surface area contributed by atoms with Crippen molar-refractivity contribution >= 4 is 6.03 Å². The minimum absolute atomic E-state index is 0.199. The Morgan fingerprint density at radius 3 is 2.54 bits per heavy atom. The van der Waals surface area contributed by atoms with Gasteiger partial charge < -0.3 is 10.2 Å². The molecule has 2 saturated carbocycles. The molecule has 3 fully saturated rings. The highest BCUT2D eigenvalue weighted by Gasteiger charge is 2.35. The summed E-state index contributed by atoms with van der Waals surface area (Å²) >= 11 is 0. The van der Waals surface area contributed by atoms with Gasteiger partial charge in [0, 0.05) is 38.3 Å². The van der Waals surface area contributed by atoms with Crippen LogP contribution in [0, 0.1) is 5.92 Å². The highest BCUT2D eigenvalue weighted by molar-refractivity contribution is 5.75. The second-order valence-corrected chi connectivity index (χ2v) is 8.54. The van der Waals surface area contributed by atoms with Gasteiger partial charge in [0.1, 0.15) is 0 Å². The number of carbonyl (C=O) groups is 1. The molecule has 1 atom stereocenters. The van der Waals surface area contributed by atoms with E-state index in [-0.39, 0.29) is 6.03 Å². The van der Waals surface area contributed by atoms with Gasteiger partial charge in [0.2, 0.25) is 0 Å². The Kier molecular flexibility index (Phi) is 5.78. The standard InChI is InChI=1S/C22H33N3O/c26-22(25(21-11-12-21)16-19-9-5-2-6-10-19)23-20-13-14-24(17-20)15-18-7-3-1-4-8-18/h1,3-4,7-8,19-21H,2,5-6,9-17H2,(H,23,26). The zero-order valence-electron chi connectivity index (χ0n) is 15.9. The number of hydrogen-bond acceptors (Lipinski definition) is 2. The van der Waals surface area contributed by atoms with Crippen molar-refractivity contribution in [3.63, 3.8) is 0 Å². The summed E-state index contributed by atoms with van der Waals surface area (Å²) in [5, 5.41) is 3.35. The predicted molar refractivity (Wildman–Crippen MR) is 105 cm³/mol. The van der Waals surface area contributed by atoms with E-state index in [4.69, 9.17) is 0 Å². The van der Waals surface area contributed by atoms with E-state index in [1.165, 1.54) is 50.5 Å². The Labute approximate surface area is 157 Å². The fourth-order valence-electron chi connectivity index (χ4n) is 4.63. The molecule has 1 saturated heterocycles. The van der Waals surface area contributed by atoms with Crippen LogP contribution in [0.15, 0.2) is 30.3 Å². The molecular weight excluding hydrogens is 322 g/mol. The summed E-state index contributed by atoms with van der Waals surface area (Å²) in [4.78, 5) is 17.6. The van der Waals surface area contributed by atoms with E-state index >= 15 is 0 Å². The van der Waals surface area contributed by atoms with Crippen LogP contribution in [0.4, 0.5) is 4.79 Å². The van der Waals surface area contributed by atoms with E-state index in [0.717, 1.165) is 38.5 Å². The van der Waals surface area contributed by atoms with Crippen LogP contribution >= 0.6 is 0 Å². The zero-order chi connectivity index (χ0) is 17.8. The fourth-order valence-corrected chi connectivity index (χ4v) is 4.63. The van der Waals surface area contributed by atoms with Gasteiger partial charge in [-0.05, 0) is 43.6 Å². The van der Waals surface area contributed by atoms with Crippen LogP contribution in [0.2, 0.25) is 0 Å². The van der Waals surface area contributed by atoms with Crippen LogP contribution in [0.5, 0.6) is 0 Å². The number of carbonyl (C=O) groups excluding carboxylic acids is 1. The second-order valence-electron chi connectivity index (χ2n) is 8.54. The van der Waals surface area contributed by atoms with E-state index in [2.05, 4.69) is 45.4 Å². The van der Waals surface area contributed by atoms with E-state index in [9.17, 15) is 4.79 Å². The summed E-state index contributed by atoms with van der Waals surface area (Å²) < 4.78 is 0. The average Bonchev–Trinajstić information content (AvgIpc) is 3.42. The molecule has 1 aliphatic heterocycles. The largest absolute Gasteiger partial charge is 0.334 e. The van der Waals surface area contributed by atoms with Gasteiger partial charge in [0.05, 0.1) is 0 Å². The monoisotopic (exact) mass is 355 g/mol. The van der Waals surface area contributed by atoms with Gasteiger partial charge in [-0.2, -0.15) is 0 Å². The minimum Gasteiger partial charge on any atom is -0.334 e. The van der Waals surface area contributed by atoms with Crippen LogP contribution in [-0.2, 0) is 6.54 Å². The summed E-state index contributed by atoms with van der Waals surface area (Å²) in [5.74, 6) is 0.730. The van der Waals surface area contributed by atoms with Crippen LogP contribution in [0.3, 0.4) is 0 Å². The lowest BCUT2D eigenvalue weighted by atomic mass is 9.89. The van der Waals surface area contributed by atoms with Crippen molar-refractivity contribution in [2.75, 3.05) is 19.6 Å². The van der Waals surface area contributed by atoms with E-state index in [1.54, 1.807) is 0 Å². The fraction of sp³-hybridized carbons (Fsp3) is 0.682. The molecule has 1 heterocycles. The van der Waals surface area contributed by atoms with Gasteiger partial charge in [0.25, 0.3) is 0 Å². The van der Waals surface area contributed by atoms with Gasteiger partial charge in [-0.3, -0.25) is 4.90 Å². The van der Waals surface area contributed by atoms with Crippen molar-refractivity contribution in [1.82, 2.24) is 15.1 Å². The first kappa shape index (κ1) is 17.8. The molecule has 0 aromatic heterocycles. The molecule has 1 N–H and O–H groups in total. The Morgan fingerprint density at radius 1 is 1.04 bits per heavy atom. The maximum Gasteiger partial charge on any atom is 0.317 e. The number of hydrogen-bond donors (Lipinski definition) is 1. The van der Waals surface area contributed by atoms with Gasteiger partial charge in [-0.15, -0.1) is 0 Å². The first-order valence-corrected chi connectivity index (χ1v) is 10.6. The molecule has 0 spiro atoms. The summed E-state index contributed by atoms with van der Waals surface area (Å²) in [6, 6.07) is 11.7. The Balaban J connectivity index is 1.26. The van der Waals surface area contributed by atoms with Gasteiger partial charge in [-0.1, -0.05) is 49.6 Å². The predicted octanol–water partition coefficient (Wildman–Crippen LogP) is 4.02. The Hall–Kier alpha value is -1.55. The third-order valence-corrected chi connectivity index (χ3v) is 6.28. The van der Waals surface area contributed by atoms with Crippen molar-refractivity contribution in [3.05, 3.63) is 35.9 Å². The summed E-state index contributed by atoms with van der Waals surface area (Å²) in [5.41, 5.74) is 1.36.